The number of nitrogens with one attached hydrogen (secondary N) is 1. The molecule has 1 N–H and O–H groups in total. The van der Waals surface area contributed by atoms with Crippen molar-refractivity contribution in [2.75, 3.05) is 26.5 Å². The van der Waals surface area contributed by atoms with E-state index in [0.717, 1.165) is 17.0 Å². The lowest BCUT2D eigenvalue weighted by atomic mass is 10.1. The summed E-state index contributed by atoms with van der Waals surface area (Å²) in [4.78, 5) is 7.86. The molecule has 0 spiro atoms. The Morgan fingerprint density at radius 2 is 1.69 bits per heavy atom. The number of rotatable bonds is 6. The highest BCUT2D eigenvalue weighted by molar-refractivity contribution is 7.90. The van der Waals surface area contributed by atoms with Gasteiger partial charge in [-0.1, -0.05) is 0 Å². The Morgan fingerprint density at radius 1 is 0.966 bits per heavy atom. The maximum absolute atomic E-state index is 11.6. The van der Waals surface area contributed by atoms with E-state index in [0.29, 0.717) is 36.3 Å². The summed E-state index contributed by atoms with van der Waals surface area (Å²) >= 11 is 0. The second kappa shape index (κ2) is 7.63. The van der Waals surface area contributed by atoms with Gasteiger partial charge in [-0.2, -0.15) is 0 Å². The second-order valence-electron chi connectivity index (χ2n) is 6.56. The Hall–Kier alpha value is -3.26. The van der Waals surface area contributed by atoms with E-state index in [2.05, 4.69) is 9.98 Å². The maximum atomic E-state index is 11.6. The number of H-pyrrole nitrogens is 1. The standard InChI is InChI=1S/C21H20N2O5S/c1-26-16-11-14(19-7-8-20(23-19)21-22-9-10-27-21)12-17(13-16)28-15-3-5-18(6-4-15)29(2,24)25/h3-8,11-13,23H,9-10H2,1-2H3. The van der Waals surface area contributed by atoms with Gasteiger partial charge in [0.05, 0.1) is 18.6 Å². The molecule has 0 bridgehead atoms. The number of aromatic amines is 1. The van der Waals surface area contributed by atoms with Gasteiger partial charge >= 0.3 is 0 Å². The number of ether oxygens (including phenoxy) is 3. The molecule has 0 unspecified atom stereocenters. The van der Waals surface area contributed by atoms with Crippen molar-refractivity contribution in [1.29, 1.82) is 0 Å². The van der Waals surface area contributed by atoms with Crippen molar-refractivity contribution in [3.63, 3.8) is 0 Å². The normalized spacial score (nSPS) is 13.7. The van der Waals surface area contributed by atoms with Crippen LogP contribution in [0.25, 0.3) is 11.3 Å². The molecule has 0 fully saturated rings. The van der Waals surface area contributed by atoms with Crippen molar-refractivity contribution in [1.82, 2.24) is 4.98 Å². The van der Waals surface area contributed by atoms with E-state index in [4.69, 9.17) is 14.2 Å². The summed E-state index contributed by atoms with van der Waals surface area (Å²) in [5.74, 6) is 2.34. The lowest BCUT2D eigenvalue weighted by molar-refractivity contribution is 0.347. The van der Waals surface area contributed by atoms with Crippen LogP contribution in [0, 0.1) is 0 Å². The van der Waals surface area contributed by atoms with Crippen molar-refractivity contribution in [2.24, 2.45) is 4.99 Å². The second-order valence-corrected chi connectivity index (χ2v) is 8.58. The van der Waals surface area contributed by atoms with Crippen LogP contribution in [0.1, 0.15) is 5.69 Å². The van der Waals surface area contributed by atoms with E-state index in [-0.39, 0.29) is 4.90 Å². The fourth-order valence-corrected chi connectivity index (χ4v) is 3.61. The monoisotopic (exact) mass is 412 g/mol. The highest BCUT2D eigenvalue weighted by atomic mass is 32.2. The molecule has 0 atom stereocenters. The minimum absolute atomic E-state index is 0.243. The molecule has 0 aliphatic carbocycles. The molecule has 29 heavy (non-hydrogen) atoms. The average Bonchev–Trinajstić information content (AvgIpc) is 3.39. The summed E-state index contributed by atoms with van der Waals surface area (Å²) < 4.78 is 40.0. The lowest BCUT2D eigenvalue weighted by Gasteiger charge is -2.10. The first kappa shape index (κ1) is 19.1. The van der Waals surface area contributed by atoms with Gasteiger partial charge in [0.15, 0.2) is 9.84 Å². The molecular weight excluding hydrogens is 392 g/mol. The Bertz CT molecular complexity index is 1160. The van der Waals surface area contributed by atoms with Gasteiger partial charge in [-0.15, -0.1) is 0 Å². The third kappa shape index (κ3) is 4.27. The van der Waals surface area contributed by atoms with Crippen LogP contribution in [-0.2, 0) is 14.6 Å². The van der Waals surface area contributed by atoms with Crippen LogP contribution in [0.2, 0.25) is 0 Å². The largest absolute Gasteiger partial charge is 0.497 e. The van der Waals surface area contributed by atoms with Gasteiger partial charge < -0.3 is 19.2 Å². The minimum Gasteiger partial charge on any atom is -0.497 e. The van der Waals surface area contributed by atoms with Gasteiger partial charge in [-0.05, 0) is 48.5 Å². The maximum Gasteiger partial charge on any atom is 0.233 e. The summed E-state index contributed by atoms with van der Waals surface area (Å²) in [6.07, 6.45) is 1.17. The molecule has 0 saturated carbocycles. The molecule has 8 heteroatoms. The first-order valence-electron chi connectivity index (χ1n) is 8.96. The van der Waals surface area contributed by atoms with E-state index in [1.807, 2.05) is 24.3 Å². The smallest absolute Gasteiger partial charge is 0.233 e. The van der Waals surface area contributed by atoms with Gasteiger partial charge in [0, 0.05) is 23.6 Å². The van der Waals surface area contributed by atoms with Crippen LogP contribution < -0.4 is 9.47 Å². The number of methoxy groups -OCH3 is 1. The number of aliphatic imine (C=N–C) groups is 1. The van der Waals surface area contributed by atoms with E-state index in [9.17, 15) is 8.42 Å². The number of sulfone groups is 1. The molecule has 1 aromatic heterocycles. The zero-order valence-electron chi connectivity index (χ0n) is 16.0. The van der Waals surface area contributed by atoms with Crippen LogP contribution in [0.15, 0.2) is 64.5 Å². The summed E-state index contributed by atoms with van der Waals surface area (Å²) in [6.45, 7) is 1.26. The summed E-state index contributed by atoms with van der Waals surface area (Å²) in [6, 6.07) is 15.7. The lowest BCUT2D eigenvalue weighted by Crippen LogP contribution is -2.01. The molecular formula is C21H20N2O5S. The van der Waals surface area contributed by atoms with E-state index < -0.39 is 9.84 Å². The molecule has 0 amide bonds. The number of hydrogen-bond donors (Lipinski definition) is 1. The molecule has 150 valence electrons. The molecule has 2 aromatic carbocycles. The molecule has 1 aliphatic heterocycles. The first-order chi connectivity index (χ1) is 13.9. The minimum atomic E-state index is -3.25. The van der Waals surface area contributed by atoms with Gasteiger partial charge in [-0.3, -0.25) is 0 Å². The first-order valence-corrected chi connectivity index (χ1v) is 10.9. The van der Waals surface area contributed by atoms with E-state index in [1.165, 1.54) is 18.4 Å². The highest BCUT2D eigenvalue weighted by Crippen LogP contribution is 2.32. The predicted octanol–water partition coefficient (Wildman–Crippen LogP) is 3.66. The SMILES string of the molecule is COc1cc(Oc2ccc(S(C)(=O)=O)cc2)cc(-c2ccc(C3=NCCO3)[nH]2)c1. The average molecular weight is 412 g/mol. The molecule has 3 aromatic rings. The van der Waals surface area contributed by atoms with Crippen LogP contribution in [0.3, 0.4) is 0 Å². The Morgan fingerprint density at radius 3 is 2.34 bits per heavy atom. The molecule has 4 rings (SSSR count). The van der Waals surface area contributed by atoms with Gasteiger partial charge in [0.25, 0.3) is 0 Å². The quantitative estimate of drug-likeness (QED) is 0.667. The van der Waals surface area contributed by atoms with Crippen molar-refractivity contribution in [3.05, 3.63) is 60.3 Å². The van der Waals surface area contributed by atoms with Crippen molar-refractivity contribution >= 4 is 15.7 Å². The number of hydrogen-bond acceptors (Lipinski definition) is 6. The fourth-order valence-electron chi connectivity index (χ4n) is 2.98. The predicted molar refractivity (Wildman–Crippen MR) is 110 cm³/mol. The van der Waals surface area contributed by atoms with Crippen LogP contribution >= 0.6 is 0 Å². The third-order valence-corrected chi connectivity index (χ3v) is 5.54. The van der Waals surface area contributed by atoms with E-state index >= 15 is 0 Å². The Labute approximate surface area is 168 Å². The van der Waals surface area contributed by atoms with Gasteiger partial charge in [-0.25, -0.2) is 13.4 Å². The third-order valence-electron chi connectivity index (χ3n) is 4.42. The Balaban J connectivity index is 1.62. The summed E-state index contributed by atoms with van der Waals surface area (Å²) in [5.41, 5.74) is 2.56. The molecule has 1 aliphatic rings. The van der Waals surface area contributed by atoms with Crippen LogP contribution in [0.4, 0.5) is 0 Å². The number of nitrogens with zero attached hydrogens (tertiary/aromatic N) is 1. The van der Waals surface area contributed by atoms with Crippen LogP contribution in [0.5, 0.6) is 17.2 Å². The molecule has 0 radical (unpaired) electrons. The van der Waals surface area contributed by atoms with Crippen molar-refractivity contribution in [2.45, 2.75) is 4.90 Å². The van der Waals surface area contributed by atoms with E-state index in [1.54, 1.807) is 25.3 Å². The van der Waals surface area contributed by atoms with Crippen molar-refractivity contribution in [3.8, 4) is 28.5 Å². The number of aromatic nitrogens is 1. The Kier molecular flexibility index (Phi) is 5.02. The molecule has 0 saturated heterocycles. The van der Waals surface area contributed by atoms with Crippen LogP contribution in [-0.4, -0.2) is 45.8 Å². The summed E-state index contributed by atoms with van der Waals surface area (Å²) in [7, 11) is -1.66. The summed E-state index contributed by atoms with van der Waals surface area (Å²) in [5, 5.41) is 0. The molecule has 7 nitrogen and oxygen atoms in total. The molecule has 2 heterocycles. The fraction of sp³-hybridized carbons (Fsp3) is 0.190. The van der Waals surface area contributed by atoms with Crippen molar-refractivity contribution < 1.29 is 22.6 Å². The number of benzene rings is 2. The topological polar surface area (TPSA) is 90.0 Å². The van der Waals surface area contributed by atoms with Gasteiger partial charge in [0.2, 0.25) is 5.90 Å². The zero-order chi connectivity index (χ0) is 20.4. The zero-order valence-corrected chi connectivity index (χ0v) is 16.8. The highest BCUT2D eigenvalue weighted by Gasteiger charge is 2.14. The van der Waals surface area contributed by atoms with Gasteiger partial charge in [0.1, 0.15) is 29.5 Å².